The van der Waals surface area contributed by atoms with Crippen LogP contribution >= 0.6 is 11.3 Å². The minimum absolute atomic E-state index is 0.180. The van der Waals surface area contributed by atoms with Crippen LogP contribution in [0.1, 0.15) is 54.7 Å². The molecule has 142 valence electrons. The van der Waals surface area contributed by atoms with Crippen LogP contribution < -0.4 is 10.1 Å². The topological polar surface area (TPSA) is 69.0 Å². The molecule has 1 fully saturated rings. The maximum Gasteiger partial charge on any atom is 0.267 e. The highest BCUT2D eigenvalue weighted by atomic mass is 32.1. The molecule has 3 aromatic rings. The molecule has 1 N–H and O–H groups in total. The molecule has 2 aromatic heterocycles. The molecule has 7 heteroatoms. The summed E-state index contributed by atoms with van der Waals surface area (Å²) in [5, 5.41) is 8.72. The first-order chi connectivity index (χ1) is 13.2. The molecule has 6 nitrogen and oxygen atoms in total. The quantitative estimate of drug-likeness (QED) is 0.680. The fourth-order valence-corrected chi connectivity index (χ4v) is 4.37. The van der Waals surface area contributed by atoms with E-state index in [0.717, 1.165) is 16.8 Å². The predicted molar refractivity (Wildman–Crippen MR) is 108 cm³/mol. The molecular weight excluding hydrogens is 360 g/mol. The van der Waals surface area contributed by atoms with E-state index in [9.17, 15) is 4.79 Å². The number of hydrogen-bond donors (Lipinski definition) is 1. The lowest BCUT2D eigenvalue weighted by Gasteiger charge is -2.27. The van der Waals surface area contributed by atoms with E-state index < -0.39 is 0 Å². The molecule has 1 aliphatic rings. The van der Waals surface area contributed by atoms with Gasteiger partial charge in [0.2, 0.25) is 0 Å². The van der Waals surface area contributed by atoms with Gasteiger partial charge >= 0.3 is 0 Å². The zero-order valence-corrected chi connectivity index (χ0v) is 16.5. The second-order valence-corrected chi connectivity index (χ2v) is 8.01. The van der Waals surface area contributed by atoms with Crippen LogP contribution in [0.3, 0.4) is 0 Å². The summed E-state index contributed by atoms with van der Waals surface area (Å²) in [6, 6.07) is 4.29. The number of amides is 1. The number of nitrogens with one attached hydrogen (secondary N) is 1. The molecule has 27 heavy (non-hydrogen) atoms. The van der Waals surface area contributed by atoms with E-state index in [0.29, 0.717) is 22.4 Å². The van der Waals surface area contributed by atoms with Crippen LogP contribution in [0.5, 0.6) is 5.75 Å². The number of rotatable bonds is 5. The number of thiazole rings is 1. The van der Waals surface area contributed by atoms with Crippen molar-refractivity contribution in [1.82, 2.24) is 14.8 Å². The van der Waals surface area contributed by atoms with Gasteiger partial charge in [-0.05, 0) is 37.7 Å². The second-order valence-electron chi connectivity index (χ2n) is 7.12. The molecule has 0 saturated heterocycles. The minimum Gasteiger partial charge on any atom is -0.494 e. The highest BCUT2D eigenvalue weighted by Gasteiger charge is 2.22. The molecule has 1 aliphatic carbocycles. The second kappa shape index (κ2) is 7.68. The van der Waals surface area contributed by atoms with Gasteiger partial charge in [0.1, 0.15) is 10.6 Å². The van der Waals surface area contributed by atoms with Gasteiger partial charge in [0.25, 0.3) is 5.91 Å². The Hall–Kier alpha value is -2.41. The number of hydrogen-bond acceptors (Lipinski definition) is 5. The molecule has 4 rings (SSSR count). The molecule has 1 aromatic carbocycles. The van der Waals surface area contributed by atoms with Gasteiger partial charge in [0, 0.05) is 17.6 Å². The summed E-state index contributed by atoms with van der Waals surface area (Å²) < 4.78 is 7.58. The molecule has 0 aliphatic heterocycles. The summed E-state index contributed by atoms with van der Waals surface area (Å²) in [5.41, 5.74) is 3.19. The maximum absolute atomic E-state index is 12.4. The predicted octanol–water partition coefficient (Wildman–Crippen LogP) is 4.90. The first kappa shape index (κ1) is 18.0. The van der Waals surface area contributed by atoms with Gasteiger partial charge in [-0.1, -0.05) is 13.3 Å². The van der Waals surface area contributed by atoms with Gasteiger partial charge in [-0.2, -0.15) is 5.10 Å². The van der Waals surface area contributed by atoms with Crippen LogP contribution in [0.15, 0.2) is 30.0 Å². The van der Waals surface area contributed by atoms with Crippen LogP contribution in [-0.2, 0) is 0 Å². The van der Waals surface area contributed by atoms with E-state index in [4.69, 9.17) is 9.84 Å². The third-order valence-electron chi connectivity index (χ3n) is 5.52. The summed E-state index contributed by atoms with van der Waals surface area (Å²) in [5.74, 6) is 1.29. The Morgan fingerprint density at radius 1 is 1.33 bits per heavy atom. The average Bonchev–Trinajstić information content (AvgIpc) is 3.37. The highest BCUT2D eigenvalue weighted by molar-refractivity contribution is 7.11. The van der Waals surface area contributed by atoms with Crippen molar-refractivity contribution in [2.45, 2.75) is 45.1 Å². The Kier molecular flexibility index (Phi) is 5.11. The number of nitrogens with zero attached hydrogens (tertiary/aromatic N) is 3. The van der Waals surface area contributed by atoms with Gasteiger partial charge in [-0.25, -0.2) is 0 Å². The van der Waals surface area contributed by atoms with Crippen LogP contribution in [0, 0.1) is 5.92 Å². The molecule has 0 bridgehead atoms. The summed E-state index contributed by atoms with van der Waals surface area (Å²) in [7, 11) is 1.60. The van der Waals surface area contributed by atoms with Crippen molar-refractivity contribution in [3.8, 4) is 5.75 Å². The SMILES string of the molecule is CCC1CCC(n2cc3cc(NC(=O)c4cncs4)c(OC)cc3n2)CC1. The number of anilines is 1. The zero-order chi connectivity index (χ0) is 18.8. The summed E-state index contributed by atoms with van der Waals surface area (Å²) in [4.78, 5) is 16.9. The number of carbonyl (C=O) groups is 1. The van der Waals surface area contributed by atoms with Crippen molar-refractivity contribution in [1.29, 1.82) is 0 Å². The van der Waals surface area contributed by atoms with Gasteiger partial charge in [0.05, 0.1) is 36.1 Å². The number of benzene rings is 1. The number of methoxy groups -OCH3 is 1. The molecule has 2 heterocycles. The van der Waals surface area contributed by atoms with Crippen molar-refractivity contribution >= 4 is 33.8 Å². The molecule has 0 atom stereocenters. The Morgan fingerprint density at radius 2 is 2.15 bits per heavy atom. The Morgan fingerprint density at radius 3 is 2.81 bits per heavy atom. The fourth-order valence-electron chi connectivity index (χ4n) is 3.85. The Balaban J connectivity index is 1.59. The van der Waals surface area contributed by atoms with E-state index >= 15 is 0 Å². The summed E-state index contributed by atoms with van der Waals surface area (Å²) in [6.07, 6.45) is 9.84. The molecule has 0 unspecified atom stereocenters. The maximum atomic E-state index is 12.4. The zero-order valence-electron chi connectivity index (χ0n) is 15.6. The van der Waals surface area contributed by atoms with Crippen molar-refractivity contribution < 1.29 is 9.53 Å². The number of carbonyl (C=O) groups excluding carboxylic acids is 1. The van der Waals surface area contributed by atoms with Gasteiger partial charge in [-0.3, -0.25) is 14.5 Å². The monoisotopic (exact) mass is 384 g/mol. The van der Waals surface area contributed by atoms with Crippen LogP contribution in [0.25, 0.3) is 10.9 Å². The Labute approximate surface area is 162 Å². The normalized spacial score (nSPS) is 19.9. The van der Waals surface area contributed by atoms with E-state index in [2.05, 4.69) is 28.1 Å². The lowest BCUT2D eigenvalue weighted by molar-refractivity contribution is 0.103. The van der Waals surface area contributed by atoms with Crippen molar-refractivity contribution in [3.63, 3.8) is 0 Å². The van der Waals surface area contributed by atoms with E-state index in [1.165, 1.54) is 43.4 Å². The summed E-state index contributed by atoms with van der Waals surface area (Å²) in [6.45, 7) is 2.28. The van der Waals surface area contributed by atoms with Crippen molar-refractivity contribution in [2.24, 2.45) is 5.92 Å². The van der Waals surface area contributed by atoms with Crippen LogP contribution in [0.4, 0.5) is 5.69 Å². The third-order valence-corrected chi connectivity index (χ3v) is 6.29. The standard InChI is InChI=1S/C20H24N4O2S/c1-3-13-4-6-15(7-5-13)24-11-14-8-17(18(26-2)9-16(14)23-24)22-20(25)19-10-21-12-27-19/h8-13,15H,3-7H2,1-2H3,(H,22,25). The smallest absolute Gasteiger partial charge is 0.267 e. The van der Waals surface area contributed by atoms with Crippen molar-refractivity contribution in [2.75, 3.05) is 12.4 Å². The Bertz CT molecular complexity index is 927. The number of fused-ring (bicyclic) bond motifs is 1. The van der Waals surface area contributed by atoms with E-state index in [1.54, 1.807) is 18.8 Å². The molecule has 1 amide bonds. The molecule has 1 saturated carbocycles. The lowest BCUT2D eigenvalue weighted by atomic mass is 9.85. The number of ether oxygens (including phenoxy) is 1. The fraction of sp³-hybridized carbons (Fsp3) is 0.450. The first-order valence-corrected chi connectivity index (χ1v) is 10.3. The van der Waals surface area contributed by atoms with Crippen LogP contribution in [0.2, 0.25) is 0 Å². The lowest BCUT2D eigenvalue weighted by Crippen LogP contribution is -2.18. The minimum atomic E-state index is -0.180. The van der Waals surface area contributed by atoms with Gasteiger partial charge in [0.15, 0.2) is 0 Å². The first-order valence-electron chi connectivity index (χ1n) is 9.44. The van der Waals surface area contributed by atoms with E-state index in [-0.39, 0.29) is 5.91 Å². The average molecular weight is 385 g/mol. The molecular formula is C20H24N4O2S. The van der Waals surface area contributed by atoms with E-state index in [1.807, 2.05) is 12.1 Å². The largest absolute Gasteiger partial charge is 0.494 e. The molecule has 0 radical (unpaired) electrons. The molecule has 0 spiro atoms. The highest BCUT2D eigenvalue weighted by Crippen LogP contribution is 2.35. The van der Waals surface area contributed by atoms with Crippen molar-refractivity contribution in [3.05, 3.63) is 34.9 Å². The summed E-state index contributed by atoms with van der Waals surface area (Å²) >= 11 is 1.31. The number of aromatic nitrogens is 3. The third kappa shape index (κ3) is 3.69. The van der Waals surface area contributed by atoms with Gasteiger partial charge < -0.3 is 10.1 Å². The van der Waals surface area contributed by atoms with Crippen LogP contribution in [-0.4, -0.2) is 27.8 Å². The van der Waals surface area contributed by atoms with Gasteiger partial charge in [-0.15, -0.1) is 11.3 Å².